The molecule has 0 spiro atoms. The SMILES string of the molecule is CCC(C)NC(=O)c1cc(S(C)(=O)=O)cc(S(=O)(=O)Cl)c1. The molecule has 1 aromatic carbocycles. The minimum atomic E-state index is -4.15. The normalized spacial score (nSPS) is 13.7. The van der Waals surface area contributed by atoms with Crippen LogP contribution in [0.5, 0.6) is 0 Å². The number of hydrogen-bond acceptors (Lipinski definition) is 5. The summed E-state index contributed by atoms with van der Waals surface area (Å²) in [4.78, 5) is 11.3. The van der Waals surface area contributed by atoms with E-state index in [-0.39, 0.29) is 16.5 Å². The molecule has 1 atom stereocenters. The van der Waals surface area contributed by atoms with Crippen molar-refractivity contribution in [1.29, 1.82) is 0 Å². The van der Waals surface area contributed by atoms with Gasteiger partial charge in [0.1, 0.15) is 0 Å². The highest BCUT2D eigenvalue weighted by Gasteiger charge is 2.20. The van der Waals surface area contributed by atoms with Crippen molar-refractivity contribution < 1.29 is 21.6 Å². The minimum Gasteiger partial charge on any atom is -0.350 e. The van der Waals surface area contributed by atoms with Gasteiger partial charge < -0.3 is 5.32 Å². The van der Waals surface area contributed by atoms with E-state index in [1.54, 1.807) is 6.92 Å². The highest BCUT2D eigenvalue weighted by atomic mass is 35.7. The smallest absolute Gasteiger partial charge is 0.261 e. The van der Waals surface area contributed by atoms with Crippen molar-refractivity contribution in [2.45, 2.75) is 36.1 Å². The highest BCUT2D eigenvalue weighted by Crippen LogP contribution is 2.22. The van der Waals surface area contributed by atoms with Crippen LogP contribution in [0.25, 0.3) is 0 Å². The van der Waals surface area contributed by atoms with Gasteiger partial charge in [0.15, 0.2) is 9.84 Å². The molecule has 0 aliphatic carbocycles. The molecular formula is C12H16ClNO5S2. The molecule has 0 bridgehead atoms. The van der Waals surface area contributed by atoms with E-state index in [0.717, 1.165) is 24.5 Å². The van der Waals surface area contributed by atoms with Gasteiger partial charge in [0, 0.05) is 28.5 Å². The minimum absolute atomic E-state index is 0.0718. The molecule has 0 aliphatic heterocycles. The van der Waals surface area contributed by atoms with Crippen molar-refractivity contribution in [3.8, 4) is 0 Å². The lowest BCUT2D eigenvalue weighted by Crippen LogP contribution is -2.32. The molecule has 0 radical (unpaired) electrons. The van der Waals surface area contributed by atoms with Crippen LogP contribution in [-0.4, -0.2) is 35.0 Å². The number of carbonyl (C=O) groups excluding carboxylic acids is 1. The number of amides is 1. The van der Waals surface area contributed by atoms with Gasteiger partial charge in [-0.3, -0.25) is 4.79 Å². The molecule has 9 heteroatoms. The van der Waals surface area contributed by atoms with E-state index in [1.807, 2.05) is 6.92 Å². The van der Waals surface area contributed by atoms with Crippen LogP contribution in [0.3, 0.4) is 0 Å². The molecule has 0 saturated heterocycles. The Morgan fingerprint density at radius 3 is 2.14 bits per heavy atom. The van der Waals surface area contributed by atoms with Gasteiger partial charge in [0.25, 0.3) is 15.0 Å². The van der Waals surface area contributed by atoms with Crippen LogP contribution in [0.4, 0.5) is 0 Å². The van der Waals surface area contributed by atoms with Gasteiger partial charge in [0.2, 0.25) is 0 Å². The Hall–Kier alpha value is -1.12. The van der Waals surface area contributed by atoms with Crippen LogP contribution in [-0.2, 0) is 18.9 Å². The number of hydrogen-bond donors (Lipinski definition) is 1. The lowest BCUT2D eigenvalue weighted by Gasteiger charge is -2.12. The first-order valence-electron chi connectivity index (χ1n) is 6.06. The van der Waals surface area contributed by atoms with Crippen molar-refractivity contribution in [2.24, 2.45) is 0 Å². The summed E-state index contributed by atoms with van der Waals surface area (Å²) in [7, 11) is -2.59. The third kappa shape index (κ3) is 4.98. The third-order valence-corrected chi connectivity index (χ3v) is 5.27. The number of carbonyl (C=O) groups is 1. The first kappa shape index (κ1) is 17.9. The lowest BCUT2D eigenvalue weighted by atomic mass is 10.2. The molecule has 1 aromatic rings. The van der Waals surface area contributed by atoms with E-state index >= 15 is 0 Å². The summed E-state index contributed by atoms with van der Waals surface area (Å²) in [6.07, 6.45) is 1.60. The zero-order chi connectivity index (χ0) is 16.4. The topological polar surface area (TPSA) is 97.4 Å². The van der Waals surface area contributed by atoms with Crippen LogP contribution in [0.1, 0.15) is 30.6 Å². The Balaban J connectivity index is 3.43. The van der Waals surface area contributed by atoms with Crippen molar-refractivity contribution in [3.63, 3.8) is 0 Å². The van der Waals surface area contributed by atoms with E-state index in [4.69, 9.17) is 10.7 Å². The number of rotatable bonds is 5. The molecule has 0 saturated carbocycles. The standard InChI is InChI=1S/C12H16ClNO5S2/c1-4-8(2)14-12(15)9-5-10(20(3,16)17)7-11(6-9)21(13,18)19/h5-8H,4H2,1-3H3,(H,14,15). The largest absolute Gasteiger partial charge is 0.350 e. The summed E-state index contributed by atoms with van der Waals surface area (Å²) < 4.78 is 46.0. The molecule has 1 amide bonds. The Morgan fingerprint density at radius 1 is 1.19 bits per heavy atom. The Bertz CT molecular complexity index is 706. The zero-order valence-electron chi connectivity index (χ0n) is 11.8. The van der Waals surface area contributed by atoms with Crippen molar-refractivity contribution >= 4 is 35.5 Å². The van der Waals surface area contributed by atoms with E-state index in [0.29, 0.717) is 6.42 Å². The van der Waals surface area contributed by atoms with E-state index in [9.17, 15) is 21.6 Å². The summed E-state index contributed by atoms with van der Waals surface area (Å²) in [6, 6.07) is 2.97. The van der Waals surface area contributed by atoms with Gasteiger partial charge in [-0.1, -0.05) is 6.92 Å². The van der Waals surface area contributed by atoms with Gasteiger partial charge in [-0.15, -0.1) is 0 Å². The molecule has 1 unspecified atom stereocenters. The van der Waals surface area contributed by atoms with Crippen LogP contribution in [0.15, 0.2) is 28.0 Å². The summed E-state index contributed by atoms with van der Waals surface area (Å²) in [5, 5.41) is 2.63. The molecule has 1 N–H and O–H groups in total. The van der Waals surface area contributed by atoms with Gasteiger partial charge >= 0.3 is 0 Å². The molecule has 0 heterocycles. The first-order valence-corrected chi connectivity index (χ1v) is 10.3. The molecule has 0 fully saturated rings. The van der Waals surface area contributed by atoms with Gasteiger partial charge in [-0.05, 0) is 31.5 Å². The molecular weight excluding hydrogens is 338 g/mol. The molecule has 118 valence electrons. The second kappa shape index (κ2) is 6.33. The van der Waals surface area contributed by atoms with Crippen LogP contribution in [0, 0.1) is 0 Å². The monoisotopic (exact) mass is 353 g/mol. The summed E-state index contributed by atoms with van der Waals surface area (Å²) in [6.45, 7) is 3.64. The van der Waals surface area contributed by atoms with Crippen molar-refractivity contribution in [1.82, 2.24) is 5.32 Å². The Labute approximate surface area is 128 Å². The third-order valence-electron chi connectivity index (χ3n) is 2.84. The lowest BCUT2D eigenvalue weighted by molar-refractivity contribution is 0.0939. The molecule has 1 rings (SSSR count). The average molecular weight is 354 g/mol. The van der Waals surface area contributed by atoms with Gasteiger partial charge in [-0.25, -0.2) is 16.8 Å². The highest BCUT2D eigenvalue weighted by molar-refractivity contribution is 8.13. The second-order valence-corrected chi connectivity index (χ2v) is 9.27. The van der Waals surface area contributed by atoms with E-state index in [2.05, 4.69) is 5.32 Å². The van der Waals surface area contributed by atoms with E-state index in [1.165, 1.54) is 0 Å². The van der Waals surface area contributed by atoms with Gasteiger partial charge in [-0.2, -0.15) is 0 Å². The predicted octanol–water partition coefficient (Wildman–Crippen LogP) is 1.55. The molecule has 0 aromatic heterocycles. The van der Waals surface area contributed by atoms with Crippen LogP contribution >= 0.6 is 10.7 Å². The van der Waals surface area contributed by atoms with E-state index < -0.39 is 29.7 Å². The zero-order valence-corrected chi connectivity index (χ0v) is 14.1. The van der Waals surface area contributed by atoms with Crippen LogP contribution in [0.2, 0.25) is 0 Å². The maximum absolute atomic E-state index is 12.0. The Kier molecular flexibility index (Phi) is 5.40. The van der Waals surface area contributed by atoms with Crippen molar-refractivity contribution in [3.05, 3.63) is 23.8 Å². The molecule has 6 nitrogen and oxygen atoms in total. The summed E-state index contributed by atoms with van der Waals surface area (Å²) >= 11 is 0. The second-order valence-electron chi connectivity index (χ2n) is 4.69. The Morgan fingerprint density at radius 2 is 1.71 bits per heavy atom. The first-order chi connectivity index (χ1) is 9.45. The average Bonchev–Trinajstić information content (AvgIpc) is 2.35. The molecule has 0 aliphatic rings. The number of sulfone groups is 1. The number of benzene rings is 1. The predicted molar refractivity (Wildman–Crippen MR) is 79.8 cm³/mol. The van der Waals surface area contributed by atoms with Crippen LogP contribution < -0.4 is 5.32 Å². The van der Waals surface area contributed by atoms with Crippen molar-refractivity contribution in [2.75, 3.05) is 6.26 Å². The summed E-state index contributed by atoms with van der Waals surface area (Å²) in [5.41, 5.74) is -0.0718. The summed E-state index contributed by atoms with van der Waals surface area (Å²) in [5.74, 6) is -0.559. The maximum atomic E-state index is 12.0. The fourth-order valence-electron chi connectivity index (χ4n) is 1.47. The quantitative estimate of drug-likeness (QED) is 0.810. The fraction of sp³-hybridized carbons (Fsp3) is 0.417. The fourth-order valence-corrected chi connectivity index (χ4v) is 3.03. The van der Waals surface area contributed by atoms with Gasteiger partial charge in [0.05, 0.1) is 9.79 Å². The molecule has 21 heavy (non-hydrogen) atoms. The maximum Gasteiger partial charge on any atom is 0.261 e. The number of nitrogens with one attached hydrogen (secondary N) is 1. The number of halogens is 1.